The highest BCUT2D eigenvalue weighted by Crippen LogP contribution is 2.47. The SMILES string of the molecule is CCNC(=NCc1ccc(COC)cc1)N1CCC2(CCC2)C1. The molecule has 1 aliphatic carbocycles. The first-order valence-electron chi connectivity index (χ1n) is 8.85. The molecule has 1 aromatic carbocycles. The van der Waals surface area contributed by atoms with Crippen LogP contribution in [0.5, 0.6) is 0 Å². The third kappa shape index (κ3) is 3.86. The Kier molecular flexibility index (Phi) is 5.21. The molecule has 4 heteroatoms. The van der Waals surface area contributed by atoms with Gasteiger partial charge in [0, 0.05) is 26.7 Å². The Morgan fingerprint density at radius 1 is 1.22 bits per heavy atom. The first-order chi connectivity index (χ1) is 11.2. The molecule has 0 bridgehead atoms. The van der Waals surface area contributed by atoms with Crippen molar-refractivity contribution in [2.75, 3.05) is 26.7 Å². The van der Waals surface area contributed by atoms with Crippen molar-refractivity contribution in [3.05, 3.63) is 35.4 Å². The second-order valence-electron chi connectivity index (χ2n) is 6.94. The fraction of sp³-hybridized carbons (Fsp3) is 0.632. The Labute approximate surface area is 139 Å². The van der Waals surface area contributed by atoms with Crippen LogP contribution in [0.3, 0.4) is 0 Å². The summed E-state index contributed by atoms with van der Waals surface area (Å²) in [5, 5.41) is 3.47. The van der Waals surface area contributed by atoms with E-state index in [1.54, 1.807) is 7.11 Å². The molecule has 0 unspecified atom stereocenters. The summed E-state index contributed by atoms with van der Waals surface area (Å²) in [6, 6.07) is 8.55. The molecule has 1 spiro atoms. The van der Waals surface area contributed by atoms with Gasteiger partial charge in [-0.05, 0) is 42.7 Å². The van der Waals surface area contributed by atoms with Crippen LogP contribution < -0.4 is 5.32 Å². The molecular weight excluding hydrogens is 286 g/mol. The monoisotopic (exact) mass is 315 g/mol. The summed E-state index contributed by atoms with van der Waals surface area (Å²) in [4.78, 5) is 7.33. The summed E-state index contributed by atoms with van der Waals surface area (Å²) in [6.45, 7) is 6.81. The standard InChI is InChI=1S/C19H29N3O/c1-3-20-18(22-12-11-19(15-22)9-4-10-19)21-13-16-5-7-17(8-6-16)14-23-2/h5-8H,3-4,9-15H2,1-2H3,(H,20,21). The zero-order valence-electron chi connectivity index (χ0n) is 14.5. The van der Waals surface area contributed by atoms with Gasteiger partial charge in [0.2, 0.25) is 0 Å². The van der Waals surface area contributed by atoms with Crippen LogP contribution in [0.1, 0.15) is 43.7 Å². The fourth-order valence-corrected chi connectivity index (χ4v) is 3.70. The van der Waals surface area contributed by atoms with Crippen LogP contribution in [0, 0.1) is 5.41 Å². The maximum absolute atomic E-state index is 5.16. The topological polar surface area (TPSA) is 36.9 Å². The Bertz CT molecular complexity index is 534. The first kappa shape index (κ1) is 16.3. The van der Waals surface area contributed by atoms with Crippen LogP contribution in [-0.2, 0) is 17.9 Å². The molecule has 1 saturated heterocycles. The Balaban J connectivity index is 1.62. The van der Waals surface area contributed by atoms with Crippen LogP contribution in [0.2, 0.25) is 0 Å². The molecule has 1 N–H and O–H groups in total. The molecule has 2 fully saturated rings. The van der Waals surface area contributed by atoms with Gasteiger partial charge in [-0.3, -0.25) is 0 Å². The third-order valence-electron chi connectivity index (χ3n) is 5.23. The van der Waals surface area contributed by atoms with Gasteiger partial charge in [-0.1, -0.05) is 30.7 Å². The number of aliphatic imine (C=N–C) groups is 1. The van der Waals surface area contributed by atoms with Gasteiger partial charge < -0.3 is 15.0 Å². The van der Waals surface area contributed by atoms with Crippen molar-refractivity contribution in [2.24, 2.45) is 10.4 Å². The number of hydrogen-bond donors (Lipinski definition) is 1. The quantitative estimate of drug-likeness (QED) is 0.670. The number of nitrogens with one attached hydrogen (secondary N) is 1. The number of nitrogens with zero attached hydrogens (tertiary/aromatic N) is 2. The van der Waals surface area contributed by atoms with Gasteiger partial charge >= 0.3 is 0 Å². The van der Waals surface area contributed by atoms with Gasteiger partial charge in [-0.15, -0.1) is 0 Å². The summed E-state index contributed by atoms with van der Waals surface area (Å²) in [5.41, 5.74) is 3.06. The summed E-state index contributed by atoms with van der Waals surface area (Å²) in [5.74, 6) is 1.08. The van der Waals surface area contributed by atoms with Crippen LogP contribution in [0.15, 0.2) is 29.3 Å². The van der Waals surface area contributed by atoms with E-state index in [0.29, 0.717) is 12.0 Å². The van der Waals surface area contributed by atoms with Crippen molar-refractivity contribution in [1.29, 1.82) is 0 Å². The number of ether oxygens (including phenoxy) is 1. The van der Waals surface area contributed by atoms with Crippen molar-refractivity contribution in [1.82, 2.24) is 10.2 Å². The first-order valence-corrected chi connectivity index (χ1v) is 8.85. The molecule has 1 aliphatic heterocycles. The summed E-state index contributed by atoms with van der Waals surface area (Å²) in [6.07, 6.45) is 5.56. The number of likely N-dealkylation sites (tertiary alicyclic amines) is 1. The van der Waals surface area contributed by atoms with Gasteiger partial charge in [0.1, 0.15) is 0 Å². The van der Waals surface area contributed by atoms with Gasteiger partial charge in [-0.2, -0.15) is 0 Å². The van der Waals surface area contributed by atoms with E-state index in [4.69, 9.17) is 9.73 Å². The minimum absolute atomic E-state index is 0.609. The van der Waals surface area contributed by atoms with Gasteiger partial charge in [0.05, 0.1) is 13.2 Å². The van der Waals surface area contributed by atoms with Crippen molar-refractivity contribution < 1.29 is 4.74 Å². The van der Waals surface area contributed by atoms with E-state index in [1.165, 1.54) is 43.4 Å². The Hall–Kier alpha value is -1.55. The molecule has 1 heterocycles. The number of guanidine groups is 1. The highest BCUT2D eigenvalue weighted by Gasteiger charge is 2.43. The normalized spacial score (nSPS) is 19.9. The van der Waals surface area contributed by atoms with Crippen LogP contribution in [0.4, 0.5) is 0 Å². The van der Waals surface area contributed by atoms with Gasteiger partial charge in [0.15, 0.2) is 5.96 Å². The molecule has 3 rings (SSSR count). The second-order valence-corrected chi connectivity index (χ2v) is 6.94. The van der Waals surface area contributed by atoms with Crippen molar-refractivity contribution >= 4 is 5.96 Å². The van der Waals surface area contributed by atoms with Crippen LogP contribution >= 0.6 is 0 Å². The summed E-state index contributed by atoms with van der Waals surface area (Å²) < 4.78 is 5.16. The van der Waals surface area contributed by atoms with E-state index in [2.05, 4.69) is 41.4 Å². The third-order valence-corrected chi connectivity index (χ3v) is 5.23. The van der Waals surface area contributed by atoms with Gasteiger partial charge in [-0.25, -0.2) is 4.99 Å². The highest BCUT2D eigenvalue weighted by atomic mass is 16.5. The average molecular weight is 315 g/mol. The van der Waals surface area contributed by atoms with Crippen molar-refractivity contribution in [3.8, 4) is 0 Å². The maximum Gasteiger partial charge on any atom is 0.194 e. The lowest BCUT2D eigenvalue weighted by molar-refractivity contribution is 0.151. The summed E-state index contributed by atoms with van der Waals surface area (Å²) in [7, 11) is 1.73. The van der Waals surface area contributed by atoms with E-state index >= 15 is 0 Å². The zero-order valence-corrected chi connectivity index (χ0v) is 14.5. The largest absolute Gasteiger partial charge is 0.380 e. The Morgan fingerprint density at radius 3 is 2.52 bits per heavy atom. The molecule has 1 saturated carbocycles. The number of methoxy groups -OCH3 is 1. The predicted molar refractivity (Wildman–Crippen MR) is 94.4 cm³/mol. The van der Waals surface area contributed by atoms with E-state index < -0.39 is 0 Å². The molecule has 0 radical (unpaired) electrons. The van der Waals surface area contributed by atoms with E-state index in [9.17, 15) is 0 Å². The van der Waals surface area contributed by atoms with Crippen molar-refractivity contribution in [3.63, 3.8) is 0 Å². The summed E-state index contributed by atoms with van der Waals surface area (Å²) >= 11 is 0. The van der Waals surface area contributed by atoms with Crippen LogP contribution in [-0.4, -0.2) is 37.6 Å². The molecule has 0 amide bonds. The molecule has 0 atom stereocenters. The fourth-order valence-electron chi connectivity index (χ4n) is 3.70. The lowest BCUT2D eigenvalue weighted by Gasteiger charge is -2.38. The zero-order chi connectivity index (χ0) is 16.1. The second kappa shape index (κ2) is 7.35. The smallest absolute Gasteiger partial charge is 0.194 e. The maximum atomic E-state index is 5.16. The predicted octanol–water partition coefficient (Wildman–Crippen LogP) is 3.17. The molecule has 4 nitrogen and oxygen atoms in total. The lowest BCUT2D eigenvalue weighted by atomic mass is 9.68. The molecule has 2 aliphatic rings. The minimum Gasteiger partial charge on any atom is -0.380 e. The molecule has 23 heavy (non-hydrogen) atoms. The number of hydrogen-bond acceptors (Lipinski definition) is 2. The molecule has 126 valence electrons. The lowest BCUT2D eigenvalue weighted by Crippen LogP contribution is -2.42. The number of benzene rings is 1. The Morgan fingerprint density at radius 2 is 1.96 bits per heavy atom. The van der Waals surface area contributed by atoms with Gasteiger partial charge in [0.25, 0.3) is 0 Å². The van der Waals surface area contributed by atoms with E-state index in [1.807, 2.05) is 0 Å². The number of rotatable bonds is 5. The minimum atomic E-state index is 0.609. The van der Waals surface area contributed by atoms with E-state index in [0.717, 1.165) is 25.6 Å². The van der Waals surface area contributed by atoms with Crippen molar-refractivity contribution in [2.45, 2.75) is 45.8 Å². The van der Waals surface area contributed by atoms with E-state index in [-0.39, 0.29) is 0 Å². The molecule has 1 aromatic rings. The average Bonchev–Trinajstić information content (AvgIpc) is 2.99. The highest BCUT2D eigenvalue weighted by molar-refractivity contribution is 5.80. The molecular formula is C19H29N3O. The molecule has 0 aromatic heterocycles. The van der Waals surface area contributed by atoms with Crippen LogP contribution in [0.25, 0.3) is 0 Å².